The fourth-order valence-electron chi connectivity index (χ4n) is 1.97. The summed E-state index contributed by atoms with van der Waals surface area (Å²) in [4.78, 5) is 11.9. The predicted octanol–water partition coefficient (Wildman–Crippen LogP) is -2.04. The molecule has 0 spiro atoms. The highest BCUT2D eigenvalue weighted by atomic mass is 16.8. The maximum absolute atomic E-state index is 11.9. The average molecular weight is 300 g/mol. The molecule has 0 radical (unpaired) electrons. The third kappa shape index (κ3) is 3.05. The van der Waals surface area contributed by atoms with Gasteiger partial charge in [-0.05, 0) is 12.1 Å². The fourth-order valence-corrected chi connectivity index (χ4v) is 1.97. The van der Waals surface area contributed by atoms with Gasteiger partial charge in [-0.1, -0.05) is 18.2 Å². The van der Waals surface area contributed by atoms with Crippen molar-refractivity contribution in [3.05, 3.63) is 35.9 Å². The van der Waals surface area contributed by atoms with E-state index in [1.165, 1.54) is 12.1 Å². The summed E-state index contributed by atoms with van der Waals surface area (Å²) in [6.07, 6.45) is -7.01. The number of hydrogen-bond acceptors (Lipinski definition) is 8. The molecule has 0 saturated carbocycles. The Morgan fingerprint density at radius 2 is 1.81 bits per heavy atom. The summed E-state index contributed by atoms with van der Waals surface area (Å²) in [5.74, 6) is -3.88. The van der Waals surface area contributed by atoms with Crippen molar-refractivity contribution in [2.45, 2.75) is 30.4 Å². The molecule has 1 fully saturated rings. The SMILES string of the molecule is O=C(O[C@@]1(O)O[C@H](CO)[C@H](O)[C@H](O)[C@H]1O)c1ccccc1. The molecule has 1 aromatic rings. The molecule has 5 atom stereocenters. The lowest BCUT2D eigenvalue weighted by atomic mass is 9.98. The summed E-state index contributed by atoms with van der Waals surface area (Å²) in [5.41, 5.74) is 0.0860. The van der Waals surface area contributed by atoms with Crippen LogP contribution in [0.3, 0.4) is 0 Å². The lowest BCUT2D eigenvalue weighted by Crippen LogP contribution is -2.66. The molecule has 0 aliphatic carbocycles. The molecule has 116 valence electrons. The molecule has 0 aromatic heterocycles. The zero-order chi connectivity index (χ0) is 15.6. The number of rotatable bonds is 3. The number of hydrogen-bond donors (Lipinski definition) is 5. The van der Waals surface area contributed by atoms with Crippen LogP contribution in [0.25, 0.3) is 0 Å². The predicted molar refractivity (Wildman–Crippen MR) is 66.8 cm³/mol. The molecule has 1 aromatic carbocycles. The Balaban J connectivity index is 2.18. The highest BCUT2D eigenvalue weighted by Gasteiger charge is 2.55. The van der Waals surface area contributed by atoms with E-state index in [9.17, 15) is 25.2 Å². The molecule has 1 aliphatic rings. The van der Waals surface area contributed by atoms with Gasteiger partial charge in [0, 0.05) is 0 Å². The van der Waals surface area contributed by atoms with Crippen LogP contribution in [0.1, 0.15) is 10.4 Å². The largest absolute Gasteiger partial charge is 0.402 e. The van der Waals surface area contributed by atoms with Gasteiger partial charge in [-0.3, -0.25) is 0 Å². The summed E-state index contributed by atoms with van der Waals surface area (Å²) >= 11 is 0. The van der Waals surface area contributed by atoms with Crippen LogP contribution in [0, 0.1) is 0 Å². The van der Waals surface area contributed by atoms with E-state index in [-0.39, 0.29) is 5.56 Å². The Bertz CT molecular complexity index is 490. The maximum atomic E-state index is 11.9. The number of benzene rings is 1. The van der Waals surface area contributed by atoms with E-state index < -0.39 is 43.0 Å². The molecular formula is C13H16O8. The second-order valence-corrected chi connectivity index (χ2v) is 4.65. The second-order valence-electron chi connectivity index (χ2n) is 4.65. The van der Waals surface area contributed by atoms with Crippen molar-refractivity contribution < 1.29 is 39.8 Å². The highest BCUT2D eigenvalue weighted by molar-refractivity contribution is 5.89. The highest BCUT2D eigenvalue weighted by Crippen LogP contribution is 2.29. The Kier molecular flexibility index (Phi) is 4.57. The quantitative estimate of drug-likeness (QED) is 0.318. The second kappa shape index (κ2) is 6.06. The number of carbonyl (C=O) groups is 1. The van der Waals surface area contributed by atoms with Gasteiger partial charge >= 0.3 is 11.9 Å². The van der Waals surface area contributed by atoms with Crippen LogP contribution < -0.4 is 0 Å². The molecule has 1 aliphatic heterocycles. The first-order chi connectivity index (χ1) is 9.89. The zero-order valence-electron chi connectivity index (χ0n) is 10.9. The van der Waals surface area contributed by atoms with Crippen molar-refractivity contribution in [1.82, 2.24) is 0 Å². The Labute approximate surface area is 119 Å². The van der Waals surface area contributed by atoms with Crippen molar-refractivity contribution >= 4 is 5.97 Å². The van der Waals surface area contributed by atoms with E-state index in [4.69, 9.17) is 14.6 Å². The maximum Gasteiger partial charge on any atom is 0.357 e. The first-order valence-corrected chi connectivity index (χ1v) is 6.22. The van der Waals surface area contributed by atoms with Gasteiger partial charge in [0.25, 0.3) is 0 Å². The number of esters is 1. The van der Waals surface area contributed by atoms with Crippen LogP contribution in [0.5, 0.6) is 0 Å². The van der Waals surface area contributed by atoms with E-state index in [1.807, 2.05) is 0 Å². The number of aliphatic hydroxyl groups is 5. The standard InChI is InChI=1S/C13H16O8/c14-6-8-9(15)10(16)11(17)13(19,20-8)21-12(18)7-4-2-1-3-5-7/h1-5,8-11,14-17,19H,6H2/t8-,9+,10+,11-,13+/m1/s1. The molecule has 21 heavy (non-hydrogen) atoms. The molecule has 8 nitrogen and oxygen atoms in total. The Hall–Kier alpha value is -1.55. The van der Waals surface area contributed by atoms with Crippen molar-refractivity contribution in [3.8, 4) is 0 Å². The van der Waals surface area contributed by atoms with Gasteiger partial charge in [-0.25, -0.2) is 4.79 Å². The topological polar surface area (TPSA) is 137 Å². The van der Waals surface area contributed by atoms with Gasteiger partial charge in [-0.15, -0.1) is 0 Å². The van der Waals surface area contributed by atoms with Crippen molar-refractivity contribution in [3.63, 3.8) is 0 Å². The molecule has 2 rings (SSSR count). The van der Waals surface area contributed by atoms with Crippen LogP contribution in [-0.4, -0.2) is 68.5 Å². The van der Waals surface area contributed by atoms with E-state index in [0.717, 1.165) is 0 Å². The van der Waals surface area contributed by atoms with Crippen molar-refractivity contribution in [2.24, 2.45) is 0 Å². The van der Waals surface area contributed by atoms with Gasteiger partial charge in [0.2, 0.25) is 0 Å². The van der Waals surface area contributed by atoms with Gasteiger partial charge in [0.1, 0.15) is 18.3 Å². The van der Waals surface area contributed by atoms with Crippen LogP contribution in [-0.2, 0) is 9.47 Å². The summed E-state index contributed by atoms with van der Waals surface area (Å²) in [7, 11) is 0. The molecule has 0 bridgehead atoms. The fraction of sp³-hybridized carbons (Fsp3) is 0.462. The Morgan fingerprint density at radius 1 is 1.19 bits per heavy atom. The van der Waals surface area contributed by atoms with Crippen LogP contribution in [0.15, 0.2) is 30.3 Å². The van der Waals surface area contributed by atoms with Crippen LogP contribution in [0.2, 0.25) is 0 Å². The summed E-state index contributed by atoms with van der Waals surface area (Å²) < 4.78 is 9.50. The molecule has 0 amide bonds. The minimum Gasteiger partial charge on any atom is -0.402 e. The monoisotopic (exact) mass is 300 g/mol. The average Bonchev–Trinajstić information content (AvgIpc) is 2.50. The molecule has 0 unspecified atom stereocenters. The number of carbonyl (C=O) groups excluding carboxylic acids is 1. The van der Waals surface area contributed by atoms with Crippen molar-refractivity contribution in [1.29, 1.82) is 0 Å². The van der Waals surface area contributed by atoms with E-state index in [1.54, 1.807) is 18.2 Å². The summed E-state index contributed by atoms with van der Waals surface area (Å²) in [6.45, 7) is -0.754. The molecule has 5 N–H and O–H groups in total. The summed E-state index contributed by atoms with van der Waals surface area (Å²) in [6, 6.07) is 7.62. The van der Waals surface area contributed by atoms with Gasteiger partial charge in [0.05, 0.1) is 12.2 Å². The van der Waals surface area contributed by atoms with Gasteiger partial charge < -0.3 is 35.0 Å². The summed E-state index contributed by atoms with van der Waals surface area (Å²) in [5, 5.41) is 48.0. The third-order valence-electron chi connectivity index (χ3n) is 3.18. The number of aliphatic hydroxyl groups excluding tert-OH is 4. The first kappa shape index (κ1) is 15.8. The van der Waals surface area contributed by atoms with E-state index >= 15 is 0 Å². The van der Waals surface area contributed by atoms with E-state index in [0.29, 0.717) is 0 Å². The van der Waals surface area contributed by atoms with Gasteiger partial charge in [0.15, 0.2) is 6.10 Å². The van der Waals surface area contributed by atoms with Gasteiger partial charge in [-0.2, -0.15) is 0 Å². The van der Waals surface area contributed by atoms with Crippen molar-refractivity contribution in [2.75, 3.05) is 6.61 Å². The molecule has 1 saturated heterocycles. The lowest BCUT2D eigenvalue weighted by molar-refractivity contribution is -0.430. The first-order valence-electron chi connectivity index (χ1n) is 6.22. The smallest absolute Gasteiger partial charge is 0.357 e. The molecule has 1 heterocycles. The minimum atomic E-state index is -2.88. The lowest BCUT2D eigenvalue weighted by Gasteiger charge is -2.43. The zero-order valence-corrected chi connectivity index (χ0v) is 10.9. The van der Waals surface area contributed by atoms with Crippen LogP contribution >= 0.6 is 0 Å². The number of ether oxygens (including phenoxy) is 2. The van der Waals surface area contributed by atoms with Crippen LogP contribution in [0.4, 0.5) is 0 Å². The molecule has 8 heteroatoms. The van der Waals surface area contributed by atoms with E-state index in [2.05, 4.69) is 0 Å². The molecular weight excluding hydrogens is 284 g/mol. The third-order valence-corrected chi connectivity index (χ3v) is 3.18. The Morgan fingerprint density at radius 3 is 2.38 bits per heavy atom. The minimum absolute atomic E-state index is 0.0860. The normalized spacial score (nSPS) is 36.2.